The van der Waals surface area contributed by atoms with Crippen LogP contribution < -0.4 is 0 Å². The Morgan fingerprint density at radius 3 is 2.94 bits per heavy atom. The zero-order valence-electron chi connectivity index (χ0n) is 8.78. The van der Waals surface area contributed by atoms with E-state index in [-0.39, 0.29) is 5.97 Å². The van der Waals surface area contributed by atoms with Crippen LogP contribution in [0.2, 0.25) is 0 Å². The Hall–Kier alpha value is -2.10. The van der Waals surface area contributed by atoms with Crippen LogP contribution in [-0.4, -0.2) is 16.2 Å². The van der Waals surface area contributed by atoms with Crippen molar-refractivity contribution in [3.63, 3.8) is 0 Å². The summed E-state index contributed by atoms with van der Waals surface area (Å²) in [6.45, 7) is 2.38. The molecule has 2 heterocycles. The van der Waals surface area contributed by atoms with Gasteiger partial charge in [-0.3, -0.25) is 5.10 Å². The third-order valence-corrected chi connectivity index (χ3v) is 2.98. The normalized spacial score (nSPS) is 13.7. The number of rotatable bonds is 1. The fraction of sp³-hybridized carbons (Fsp3) is 0.167. The largest absolute Gasteiger partial charge is 0.457 e. The standard InChI is InChI=1S/C12H10N2O2/c1-7-9(8-4-13-14-5-8)2-3-10-11(7)6-16-12(10)15/h2-5H,6H2,1H3,(H,13,14). The number of carbonyl (C=O) groups is 1. The van der Waals surface area contributed by atoms with Gasteiger partial charge in [0.25, 0.3) is 0 Å². The van der Waals surface area contributed by atoms with Crippen molar-refractivity contribution in [2.75, 3.05) is 0 Å². The summed E-state index contributed by atoms with van der Waals surface area (Å²) in [6.07, 6.45) is 3.61. The maximum atomic E-state index is 11.4. The van der Waals surface area contributed by atoms with Gasteiger partial charge in [0.05, 0.1) is 11.8 Å². The minimum absolute atomic E-state index is 0.225. The zero-order chi connectivity index (χ0) is 11.1. The van der Waals surface area contributed by atoms with Crippen LogP contribution in [0.3, 0.4) is 0 Å². The van der Waals surface area contributed by atoms with E-state index in [4.69, 9.17) is 4.74 Å². The van der Waals surface area contributed by atoms with Gasteiger partial charge in [-0.25, -0.2) is 4.79 Å². The molecule has 4 heteroatoms. The maximum Gasteiger partial charge on any atom is 0.338 e. The molecule has 0 spiro atoms. The zero-order valence-corrected chi connectivity index (χ0v) is 8.78. The van der Waals surface area contributed by atoms with Gasteiger partial charge in [-0.2, -0.15) is 5.10 Å². The average Bonchev–Trinajstić information content (AvgIpc) is 2.90. The lowest BCUT2D eigenvalue weighted by atomic mass is 9.96. The van der Waals surface area contributed by atoms with Gasteiger partial charge in [0.2, 0.25) is 0 Å². The predicted octanol–water partition coefficient (Wildman–Crippen LogP) is 2.06. The molecule has 1 aromatic carbocycles. The van der Waals surface area contributed by atoms with E-state index in [1.165, 1.54) is 0 Å². The third-order valence-electron chi connectivity index (χ3n) is 2.98. The van der Waals surface area contributed by atoms with Gasteiger partial charge in [0, 0.05) is 17.3 Å². The molecule has 0 radical (unpaired) electrons. The van der Waals surface area contributed by atoms with Crippen LogP contribution in [0.5, 0.6) is 0 Å². The predicted molar refractivity (Wildman–Crippen MR) is 57.9 cm³/mol. The Kier molecular flexibility index (Phi) is 1.83. The number of aromatic nitrogens is 2. The number of nitrogens with zero attached hydrogens (tertiary/aromatic N) is 1. The monoisotopic (exact) mass is 214 g/mol. The highest BCUT2D eigenvalue weighted by atomic mass is 16.5. The van der Waals surface area contributed by atoms with E-state index in [0.717, 1.165) is 22.3 Å². The molecule has 1 N–H and O–H groups in total. The number of cyclic esters (lactones) is 1. The molecule has 2 aromatic rings. The summed E-state index contributed by atoms with van der Waals surface area (Å²) in [4.78, 5) is 11.4. The maximum absolute atomic E-state index is 11.4. The van der Waals surface area contributed by atoms with Gasteiger partial charge in [-0.1, -0.05) is 6.07 Å². The number of nitrogens with one attached hydrogen (secondary N) is 1. The second-order valence-electron chi connectivity index (χ2n) is 3.83. The molecule has 4 nitrogen and oxygen atoms in total. The summed E-state index contributed by atoms with van der Waals surface area (Å²) >= 11 is 0. The minimum Gasteiger partial charge on any atom is -0.457 e. The van der Waals surface area contributed by atoms with Crippen molar-refractivity contribution >= 4 is 5.97 Å². The van der Waals surface area contributed by atoms with Gasteiger partial charge in [-0.15, -0.1) is 0 Å². The quantitative estimate of drug-likeness (QED) is 0.739. The summed E-state index contributed by atoms with van der Waals surface area (Å²) in [5.74, 6) is -0.225. The van der Waals surface area contributed by atoms with E-state index >= 15 is 0 Å². The highest BCUT2D eigenvalue weighted by Gasteiger charge is 2.24. The van der Waals surface area contributed by atoms with Gasteiger partial charge in [0.15, 0.2) is 0 Å². The second kappa shape index (κ2) is 3.20. The van der Waals surface area contributed by atoms with Crippen LogP contribution in [0.25, 0.3) is 11.1 Å². The molecular weight excluding hydrogens is 204 g/mol. The first-order chi connectivity index (χ1) is 7.77. The number of carbonyl (C=O) groups excluding carboxylic acids is 1. The molecule has 0 saturated carbocycles. The molecule has 0 fully saturated rings. The van der Waals surface area contributed by atoms with Crippen LogP contribution in [0.15, 0.2) is 24.5 Å². The van der Waals surface area contributed by atoms with Crippen molar-refractivity contribution in [2.24, 2.45) is 0 Å². The van der Waals surface area contributed by atoms with Gasteiger partial charge >= 0.3 is 5.97 Å². The van der Waals surface area contributed by atoms with Crippen molar-refractivity contribution < 1.29 is 9.53 Å². The molecule has 0 aliphatic carbocycles. The first-order valence-corrected chi connectivity index (χ1v) is 5.06. The Morgan fingerprint density at radius 1 is 1.38 bits per heavy atom. The Bertz CT molecular complexity index is 559. The van der Waals surface area contributed by atoms with Crippen molar-refractivity contribution in [2.45, 2.75) is 13.5 Å². The SMILES string of the molecule is Cc1c(-c2cn[nH]c2)ccc2c1COC2=O. The Morgan fingerprint density at radius 2 is 2.19 bits per heavy atom. The van der Waals surface area contributed by atoms with Gasteiger partial charge < -0.3 is 4.74 Å². The average molecular weight is 214 g/mol. The van der Waals surface area contributed by atoms with Crippen molar-refractivity contribution in [1.29, 1.82) is 0 Å². The van der Waals surface area contributed by atoms with E-state index in [0.29, 0.717) is 12.2 Å². The molecule has 1 aliphatic rings. The van der Waals surface area contributed by atoms with Crippen LogP contribution in [-0.2, 0) is 11.3 Å². The van der Waals surface area contributed by atoms with E-state index in [2.05, 4.69) is 10.2 Å². The lowest BCUT2D eigenvalue weighted by Crippen LogP contribution is -1.95. The molecule has 1 aliphatic heterocycles. The smallest absolute Gasteiger partial charge is 0.338 e. The van der Waals surface area contributed by atoms with Crippen LogP contribution in [0.1, 0.15) is 21.5 Å². The Balaban J connectivity index is 2.21. The van der Waals surface area contributed by atoms with Crippen molar-refractivity contribution in [1.82, 2.24) is 10.2 Å². The summed E-state index contributed by atoms with van der Waals surface area (Å²) in [7, 11) is 0. The van der Waals surface area contributed by atoms with E-state index < -0.39 is 0 Å². The molecular formula is C12H10N2O2. The lowest BCUT2D eigenvalue weighted by molar-refractivity contribution is 0.0535. The number of aromatic amines is 1. The molecule has 0 saturated heterocycles. The Labute approximate surface area is 92.2 Å². The van der Waals surface area contributed by atoms with E-state index in [1.54, 1.807) is 6.20 Å². The first kappa shape index (κ1) is 9.15. The van der Waals surface area contributed by atoms with Crippen LogP contribution in [0, 0.1) is 6.92 Å². The van der Waals surface area contributed by atoms with Crippen molar-refractivity contribution in [3.05, 3.63) is 41.2 Å². The molecule has 16 heavy (non-hydrogen) atoms. The molecule has 0 atom stereocenters. The molecule has 3 rings (SSSR count). The number of esters is 1. The molecule has 80 valence electrons. The highest BCUT2D eigenvalue weighted by molar-refractivity contribution is 5.95. The fourth-order valence-electron chi connectivity index (χ4n) is 2.06. The highest BCUT2D eigenvalue weighted by Crippen LogP contribution is 2.31. The van der Waals surface area contributed by atoms with Crippen molar-refractivity contribution in [3.8, 4) is 11.1 Å². The molecule has 1 aromatic heterocycles. The second-order valence-corrected chi connectivity index (χ2v) is 3.83. The van der Waals surface area contributed by atoms with E-state index in [9.17, 15) is 4.79 Å². The number of ether oxygens (including phenoxy) is 1. The van der Waals surface area contributed by atoms with E-state index in [1.807, 2.05) is 25.3 Å². The summed E-state index contributed by atoms with van der Waals surface area (Å²) < 4.78 is 5.01. The molecule has 0 amide bonds. The molecule has 0 unspecified atom stereocenters. The number of fused-ring (bicyclic) bond motifs is 1. The number of H-pyrrole nitrogens is 1. The summed E-state index contributed by atoms with van der Waals surface area (Å²) in [5.41, 5.74) is 4.88. The topological polar surface area (TPSA) is 55.0 Å². The summed E-state index contributed by atoms with van der Waals surface area (Å²) in [6, 6.07) is 3.76. The number of hydrogen-bond donors (Lipinski definition) is 1. The third kappa shape index (κ3) is 1.16. The van der Waals surface area contributed by atoms with Crippen LogP contribution in [0.4, 0.5) is 0 Å². The summed E-state index contributed by atoms with van der Waals surface area (Å²) in [5, 5.41) is 6.71. The fourth-order valence-corrected chi connectivity index (χ4v) is 2.06. The van der Waals surface area contributed by atoms with Gasteiger partial charge in [-0.05, 0) is 24.1 Å². The number of benzene rings is 1. The van der Waals surface area contributed by atoms with Gasteiger partial charge in [0.1, 0.15) is 6.61 Å². The first-order valence-electron chi connectivity index (χ1n) is 5.06. The number of hydrogen-bond acceptors (Lipinski definition) is 3. The minimum atomic E-state index is -0.225. The molecule has 0 bridgehead atoms. The lowest BCUT2D eigenvalue weighted by Gasteiger charge is -2.06. The van der Waals surface area contributed by atoms with Crippen LogP contribution >= 0.6 is 0 Å².